The van der Waals surface area contributed by atoms with Crippen LogP contribution < -0.4 is 15.4 Å². The van der Waals surface area contributed by atoms with Crippen LogP contribution in [0.4, 0.5) is 4.79 Å². The molecule has 0 aliphatic heterocycles. The van der Waals surface area contributed by atoms with Gasteiger partial charge in [0.25, 0.3) is 0 Å². The molecule has 6 heteroatoms. The molecule has 1 heterocycles. The standard InChI is InChI=1S/C19H26N4O2/c1-4-6-12-25-18-13-16(22-19(24)21-15(3)5-2)14-20-23(18)17-10-8-7-9-11-17/h7-11,13-15H,4-6,12H2,1-3H3,(H,21,24). The summed E-state index contributed by atoms with van der Waals surface area (Å²) < 4.78 is 7.57. The maximum atomic E-state index is 12.0. The fraction of sp³-hybridized carbons (Fsp3) is 0.421. The number of carbonyl (C=O) groups excluding carboxylic acids is 1. The van der Waals surface area contributed by atoms with Gasteiger partial charge in [-0.15, -0.1) is 0 Å². The number of amides is 2. The molecule has 134 valence electrons. The molecule has 0 aliphatic carbocycles. The van der Waals surface area contributed by atoms with Gasteiger partial charge in [-0.25, -0.2) is 9.48 Å². The van der Waals surface area contributed by atoms with E-state index in [4.69, 9.17) is 4.74 Å². The Balaban J connectivity index is 2.31. The highest BCUT2D eigenvalue weighted by molar-refractivity contribution is 5.75. The number of ether oxygens (including phenoxy) is 1. The second-order valence-corrected chi connectivity index (χ2v) is 5.87. The molecule has 0 fully saturated rings. The van der Waals surface area contributed by atoms with Crippen LogP contribution in [0.25, 0.3) is 5.69 Å². The van der Waals surface area contributed by atoms with Crippen LogP contribution >= 0.6 is 0 Å². The molecule has 25 heavy (non-hydrogen) atoms. The van der Waals surface area contributed by atoms with Gasteiger partial charge in [-0.2, -0.15) is 10.1 Å². The number of benzene rings is 1. The average Bonchev–Trinajstić information content (AvgIpc) is 2.62. The number of unbranched alkanes of at least 4 members (excludes halogenated alkanes) is 1. The molecule has 0 aliphatic rings. The predicted octanol–water partition coefficient (Wildman–Crippen LogP) is 3.46. The van der Waals surface area contributed by atoms with E-state index in [0.29, 0.717) is 17.8 Å². The zero-order chi connectivity index (χ0) is 18.1. The molecular formula is C19H26N4O2. The molecule has 2 rings (SSSR count). The summed E-state index contributed by atoms with van der Waals surface area (Å²) in [6.07, 6.45) is 4.41. The Morgan fingerprint density at radius 3 is 2.76 bits per heavy atom. The Hall–Kier alpha value is -2.63. The van der Waals surface area contributed by atoms with Gasteiger partial charge in [0.05, 0.1) is 23.8 Å². The van der Waals surface area contributed by atoms with Crippen LogP contribution in [0, 0.1) is 0 Å². The van der Waals surface area contributed by atoms with Crippen molar-refractivity contribution in [3.8, 4) is 11.6 Å². The van der Waals surface area contributed by atoms with Crippen molar-refractivity contribution in [2.75, 3.05) is 6.61 Å². The fourth-order valence-corrected chi connectivity index (χ4v) is 2.11. The van der Waals surface area contributed by atoms with Gasteiger partial charge in [-0.3, -0.25) is 0 Å². The smallest absolute Gasteiger partial charge is 0.341 e. The quantitative estimate of drug-likeness (QED) is 0.784. The maximum Gasteiger partial charge on any atom is 0.341 e. The number of aromatic nitrogens is 2. The first-order chi connectivity index (χ1) is 12.1. The third-order valence-corrected chi connectivity index (χ3v) is 3.75. The van der Waals surface area contributed by atoms with Crippen molar-refractivity contribution in [1.82, 2.24) is 15.1 Å². The number of hydrogen-bond acceptors (Lipinski definition) is 3. The normalized spacial score (nSPS) is 12.7. The predicted molar refractivity (Wildman–Crippen MR) is 97.8 cm³/mol. The van der Waals surface area contributed by atoms with E-state index in [-0.39, 0.29) is 12.1 Å². The van der Waals surface area contributed by atoms with Gasteiger partial charge in [0.2, 0.25) is 5.88 Å². The maximum absolute atomic E-state index is 12.0. The van der Waals surface area contributed by atoms with E-state index in [1.54, 1.807) is 16.9 Å². The molecule has 1 aromatic heterocycles. The monoisotopic (exact) mass is 342 g/mol. The van der Waals surface area contributed by atoms with Gasteiger partial charge in [0, 0.05) is 12.1 Å². The highest BCUT2D eigenvalue weighted by Crippen LogP contribution is 2.14. The van der Waals surface area contributed by atoms with Crippen molar-refractivity contribution in [3.63, 3.8) is 0 Å². The van der Waals surface area contributed by atoms with Crippen molar-refractivity contribution in [2.45, 2.75) is 46.1 Å². The first-order valence-electron chi connectivity index (χ1n) is 8.76. The summed E-state index contributed by atoms with van der Waals surface area (Å²) in [7, 11) is 0. The van der Waals surface area contributed by atoms with Crippen LogP contribution in [0.5, 0.6) is 5.88 Å². The summed E-state index contributed by atoms with van der Waals surface area (Å²) in [6, 6.07) is 11.2. The number of urea groups is 1. The summed E-state index contributed by atoms with van der Waals surface area (Å²) >= 11 is 0. The van der Waals surface area contributed by atoms with E-state index in [1.165, 1.54) is 0 Å². The molecule has 2 aromatic rings. The highest BCUT2D eigenvalue weighted by Gasteiger charge is 2.07. The van der Waals surface area contributed by atoms with Crippen LogP contribution in [0.15, 0.2) is 47.6 Å². The molecule has 0 saturated carbocycles. The van der Waals surface area contributed by atoms with Gasteiger partial charge in [0.1, 0.15) is 0 Å². The second kappa shape index (κ2) is 9.61. The Morgan fingerprint density at radius 2 is 2.08 bits per heavy atom. The lowest BCUT2D eigenvalue weighted by Crippen LogP contribution is -2.31. The largest absolute Gasteiger partial charge is 0.478 e. The number of rotatable bonds is 7. The second-order valence-electron chi connectivity index (χ2n) is 5.87. The van der Waals surface area contributed by atoms with Crippen LogP contribution in [-0.2, 0) is 0 Å². The van der Waals surface area contributed by atoms with Crippen LogP contribution in [0.2, 0.25) is 0 Å². The summed E-state index contributed by atoms with van der Waals surface area (Å²) in [5, 5.41) is 7.68. The first kappa shape index (κ1) is 18.7. The molecule has 0 spiro atoms. The summed E-state index contributed by atoms with van der Waals surface area (Å²) in [6.45, 7) is 6.65. The average molecular weight is 342 g/mol. The van der Waals surface area contributed by atoms with Crippen LogP contribution in [0.1, 0.15) is 40.0 Å². The van der Waals surface area contributed by atoms with E-state index in [1.807, 2.05) is 44.2 Å². The van der Waals surface area contributed by atoms with E-state index in [0.717, 1.165) is 24.9 Å². The molecule has 1 N–H and O–H groups in total. The number of hydrogen-bond donors (Lipinski definition) is 1. The van der Waals surface area contributed by atoms with Crippen LogP contribution in [0.3, 0.4) is 0 Å². The number of nitrogens with zero attached hydrogens (tertiary/aromatic N) is 3. The SMILES string of the molecule is CCCCOc1cc(=NC(=O)NC(C)CC)cnn1-c1ccccc1. The van der Waals surface area contributed by atoms with Crippen molar-refractivity contribution in [3.05, 3.63) is 48.0 Å². The molecule has 0 saturated heterocycles. The molecule has 2 amide bonds. The molecular weight excluding hydrogens is 316 g/mol. The van der Waals surface area contributed by atoms with Gasteiger partial charge in [0.15, 0.2) is 0 Å². The minimum atomic E-state index is -0.367. The minimum absolute atomic E-state index is 0.0856. The lowest BCUT2D eigenvalue weighted by atomic mass is 10.3. The molecule has 1 atom stereocenters. The zero-order valence-corrected chi connectivity index (χ0v) is 15.1. The third-order valence-electron chi connectivity index (χ3n) is 3.75. The van der Waals surface area contributed by atoms with Crippen molar-refractivity contribution in [2.24, 2.45) is 4.99 Å². The molecule has 1 aromatic carbocycles. The fourth-order valence-electron chi connectivity index (χ4n) is 2.11. The zero-order valence-electron chi connectivity index (χ0n) is 15.1. The molecule has 0 radical (unpaired) electrons. The van der Waals surface area contributed by atoms with Crippen molar-refractivity contribution >= 4 is 6.03 Å². The Bertz CT molecular complexity index is 741. The Labute approximate surface area is 148 Å². The third kappa shape index (κ3) is 5.74. The Morgan fingerprint density at radius 1 is 1.32 bits per heavy atom. The summed E-state index contributed by atoms with van der Waals surface area (Å²) in [5.41, 5.74) is 0.893. The number of carbonyl (C=O) groups is 1. The van der Waals surface area contributed by atoms with E-state index in [9.17, 15) is 4.79 Å². The topological polar surface area (TPSA) is 68.5 Å². The van der Waals surface area contributed by atoms with Crippen molar-refractivity contribution in [1.29, 1.82) is 0 Å². The lowest BCUT2D eigenvalue weighted by molar-refractivity contribution is 0.245. The van der Waals surface area contributed by atoms with Crippen LogP contribution in [-0.4, -0.2) is 28.5 Å². The molecule has 0 bridgehead atoms. The Kier molecular flexibility index (Phi) is 7.19. The molecule has 6 nitrogen and oxygen atoms in total. The summed E-state index contributed by atoms with van der Waals surface area (Å²) in [4.78, 5) is 16.0. The van der Waals surface area contributed by atoms with E-state index < -0.39 is 0 Å². The summed E-state index contributed by atoms with van der Waals surface area (Å²) in [5.74, 6) is 0.567. The minimum Gasteiger partial charge on any atom is -0.478 e. The number of nitrogens with one attached hydrogen (secondary N) is 1. The molecule has 1 unspecified atom stereocenters. The number of para-hydroxylation sites is 1. The van der Waals surface area contributed by atoms with Gasteiger partial charge in [-0.1, -0.05) is 38.5 Å². The lowest BCUT2D eigenvalue weighted by Gasteiger charge is -2.13. The highest BCUT2D eigenvalue weighted by atomic mass is 16.5. The van der Waals surface area contributed by atoms with Crippen molar-refractivity contribution < 1.29 is 9.53 Å². The van der Waals surface area contributed by atoms with E-state index >= 15 is 0 Å². The van der Waals surface area contributed by atoms with E-state index in [2.05, 4.69) is 22.3 Å². The van der Waals surface area contributed by atoms with Gasteiger partial charge >= 0.3 is 6.03 Å². The van der Waals surface area contributed by atoms with Gasteiger partial charge < -0.3 is 10.1 Å². The van der Waals surface area contributed by atoms with Gasteiger partial charge in [-0.05, 0) is 31.9 Å². The first-order valence-corrected chi connectivity index (χ1v) is 8.76.